The lowest BCUT2D eigenvalue weighted by molar-refractivity contribution is 1.00. The maximum absolute atomic E-state index is 5.58. The van der Waals surface area contributed by atoms with Crippen LogP contribution < -0.4 is 17.3 Å². The van der Waals surface area contributed by atoms with Gasteiger partial charge in [-0.25, -0.2) is 14.6 Å². The molecule has 8 heteroatoms. The first kappa shape index (κ1) is 8.23. The zero-order chi connectivity index (χ0) is 10.1. The Morgan fingerprint density at radius 2 is 1.79 bits per heavy atom. The third-order valence-electron chi connectivity index (χ3n) is 1.66. The molecule has 6 N–H and O–H groups in total. The number of hydrogen-bond acceptors (Lipinski definition) is 7. The number of nitrogen functional groups attached to an aromatic ring is 3. The van der Waals surface area contributed by atoms with E-state index in [1.54, 1.807) is 0 Å². The number of rotatable bonds is 1. The minimum atomic E-state index is 0.0880. The van der Waals surface area contributed by atoms with Crippen LogP contribution in [0.3, 0.4) is 0 Å². The molecule has 0 unspecified atom stereocenters. The van der Waals surface area contributed by atoms with Crippen molar-refractivity contribution in [2.45, 2.75) is 0 Å². The number of hydrogen-bond donors (Lipinski definition) is 3. The van der Waals surface area contributed by atoms with E-state index in [9.17, 15) is 0 Å². The lowest BCUT2D eigenvalue weighted by Gasteiger charge is -2.01. The Balaban J connectivity index is 2.60. The van der Waals surface area contributed by atoms with Gasteiger partial charge in [-0.3, -0.25) is 0 Å². The molecule has 2 aromatic rings. The predicted octanol–water partition coefficient (Wildman–Crippen LogP) is -1.39. The van der Waals surface area contributed by atoms with Gasteiger partial charge in [-0.05, 0) is 0 Å². The molecular weight excluding hydrogens is 184 g/mol. The van der Waals surface area contributed by atoms with E-state index in [2.05, 4.69) is 20.2 Å². The Morgan fingerprint density at radius 3 is 2.36 bits per heavy atom. The minimum absolute atomic E-state index is 0.0880. The van der Waals surface area contributed by atoms with Crippen molar-refractivity contribution in [2.75, 3.05) is 17.3 Å². The molecule has 0 saturated carbocycles. The summed E-state index contributed by atoms with van der Waals surface area (Å²) in [5.74, 6) is 6.15. The van der Waals surface area contributed by atoms with Gasteiger partial charge in [-0.1, -0.05) is 0 Å². The largest absolute Gasteiger partial charge is 0.382 e. The third-order valence-corrected chi connectivity index (χ3v) is 1.66. The van der Waals surface area contributed by atoms with E-state index in [1.807, 2.05) is 0 Å². The van der Waals surface area contributed by atoms with Crippen molar-refractivity contribution in [1.82, 2.24) is 24.8 Å². The number of aromatic nitrogens is 5. The number of nitrogens with two attached hydrogens (primary N) is 3. The Kier molecular flexibility index (Phi) is 1.67. The third kappa shape index (κ3) is 1.09. The average molecular weight is 192 g/mol. The quantitative estimate of drug-likeness (QED) is 0.473. The van der Waals surface area contributed by atoms with Crippen LogP contribution in [-0.2, 0) is 0 Å². The molecule has 0 radical (unpaired) electrons. The van der Waals surface area contributed by atoms with Crippen LogP contribution in [0.4, 0.5) is 11.8 Å². The highest BCUT2D eigenvalue weighted by molar-refractivity contribution is 5.64. The summed E-state index contributed by atoms with van der Waals surface area (Å²) in [6.07, 6.45) is 2.95. The maximum Gasteiger partial charge on any atom is 0.241 e. The monoisotopic (exact) mass is 192 g/mol. The summed E-state index contributed by atoms with van der Waals surface area (Å²) in [5, 5.41) is 7.30. The van der Waals surface area contributed by atoms with Crippen molar-refractivity contribution in [2.24, 2.45) is 0 Å². The summed E-state index contributed by atoms with van der Waals surface area (Å²) < 4.78 is 1.10. The van der Waals surface area contributed by atoms with E-state index in [0.29, 0.717) is 5.69 Å². The van der Waals surface area contributed by atoms with E-state index >= 15 is 0 Å². The van der Waals surface area contributed by atoms with Gasteiger partial charge >= 0.3 is 0 Å². The van der Waals surface area contributed by atoms with Crippen molar-refractivity contribution in [1.29, 1.82) is 0 Å². The number of nitrogens with zero attached hydrogens (tertiary/aromatic N) is 5. The molecule has 0 saturated heterocycles. The number of anilines is 2. The first-order valence-corrected chi connectivity index (χ1v) is 3.73. The molecule has 2 rings (SSSR count). The van der Waals surface area contributed by atoms with Crippen molar-refractivity contribution >= 4 is 11.8 Å². The standard InChI is InChI=1S/C6H8N8/c7-4-3(10-1-2-11-4)5-12-13-6(8)14(5)9/h1-2H,9H2,(H2,7,11)(H2,8,13). The summed E-state index contributed by atoms with van der Waals surface area (Å²) in [6, 6.07) is 0. The summed E-state index contributed by atoms with van der Waals surface area (Å²) in [6.45, 7) is 0. The molecule has 0 aromatic carbocycles. The molecule has 0 aliphatic heterocycles. The van der Waals surface area contributed by atoms with Crippen molar-refractivity contribution in [3.63, 3.8) is 0 Å². The van der Waals surface area contributed by atoms with Crippen LogP contribution in [0.2, 0.25) is 0 Å². The van der Waals surface area contributed by atoms with Crippen LogP contribution in [0.1, 0.15) is 0 Å². The molecule has 0 fully saturated rings. The van der Waals surface area contributed by atoms with Gasteiger partial charge in [-0.2, -0.15) is 0 Å². The van der Waals surface area contributed by atoms with Gasteiger partial charge in [0.1, 0.15) is 0 Å². The maximum atomic E-state index is 5.58. The zero-order valence-electron chi connectivity index (χ0n) is 7.12. The molecule has 14 heavy (non-hydrogen) atoms. The molecule has 2 heterocycles. The second kappa shape index (κ2) is 2.83. The smallest absolute Gasteiger partial charge is 0.241 e. The Hall–Kier alpha value is -2.38. The van der Waals surface area contributed by atoms with Gasteiger partial charge in [0.15, 0.2) is 11.5 Å². The second-order valence-electron chi connectivity index (χ2n) is 2.54. The van der Waals surface area contributed by atoms with E-state index in [0.717, 1.165) is 4.68 Å². The fourth-order valence-corrected chi connectivity index (χ4v) is 0.986. The van der Waals surface area contributed by atoms with E-state index in [1.165, 1.54) is 12.4 Å². The fraction of sp³-hybridized carbons (Fsp3) is 0. The normalized spacial score (nSPS) is 10.3. The summed E-state index contributed by atoms with van der Waals surface area (Å²) in [5.41, 5.74) is 11.3. The molecule has 0 aliphatic carbocycles. The molecular formula is C6H8N8. The second-order valence-corrected chi connectivity index (χ2v) is 2.54. The molecule has 0 atom stereocenters. The molecule has 72 valence electrons. The SMILES string of the molecule is Nc1nccnc1-c1nnc(N)n1N. The van der Waals surface area contributed by atoms with E-state index < -0.39 is 0 Å². The lowest BCUT2D eigenvalue weighted by atomic mass is 10.4. The zero-order valence-corrected chi connectivity index (χ0v) is 7.12. The van der Waals surface area contributed by atoms with Crippen LogP contribution >= 0.6 is 0 Å². The van der Waals surface area contributed by atoms with Crippen LogP contribution in [0, 0.1) is 0 Å². The topological polar surface area (TPSA) is 135 Å². The van der Waals surface area contributed by atoms with Crippen molar-refractivity contribution in [3.05, 3.63) is 12.4 Å². The molecule has 0 amide bonds. The van der Waals surface area contributed by atoms with Crippen LogP contribution in [0.5, 0.6) is 0 Å². The van der Waals surface area contributed by atoms with Gasteiger partial charge in [0, 0.05) is 12.4 Å². The molecule has 0 aliphatic rings. The predicted molar refractivity (Wildman–Crippen MR) is 50.0 cm³/mol. The van der Waals surface area contributed by atoms with E-state index in [-0.39, 0.29) is 17.6 Å². The van der Waals surface area contributed by atoms with E-state index in [4.69, 9.17) is 17.3 Å². The highest BCUT2D eigenvalue weighted by atomic mass is 15.4. The highest BCUT2D eigenvalue weighted by Crippen LogP contribution is 2.18. The van der Waals surface area contributed by atoms with Gasteiger partial charge < -0.3 is 17.3 Å². The Bertz CT molecular complexity index is 461. The average Bonchev–Trinajstić information content (AvgIpc) is 2.49. The van der Waals surface area contributed by atoms with Gasteiger partial charge in [-0.15, -0.1) is 10.2 Å². The molecule has 0 bridgehead atoms. The van der Waals surface area contributed by atoms with Crippen molar-refractivity contribution < 1.29 is 0 Å². The first-order chi connectivity index (χ1) is 6.70. The highest BCUT2D eigenvalue weighted by Gasteiger charge is 2.13. The van der Waals surface area contributed by atoms with Crippen LogP contribution in [-0.4, -0.2) is 24.8 Å². The summed E-state index contributed by atoms with van der Waals surface area (Å²) in [4.78, 5) is 7.82. The van der Waals surface area contributed by atoms with Gasteiger partial charge in [0.2, 0.25) is 11.8 Å². The van der Waals surface area contributed by atoms with Crippen LogP contribution in [0.25, 0.3) is 11.5 Å². The van der Waals surface area contributed by atoms with Gasteiger partial charge in [0.25, 0.3) is 0 Å². The van der Waals surface area contributed by atoms with Crippen LogP contribution in [0.15, 0.2) is 12.4 Å². The molecule has 0 spiro atoms. The minimum Gasteiger partial charge on any atom is -0.382 e. The first-order valence-electron chi connectivity index (χ1n) is 3.73. The molecule has 2 aromatic heterocycles. The summed E-state index contributed by atoms with van der Waals surface area (Å²) in [7, 11) is 0. The van der Waals surface area contributed by atoms with Crippen molar-refractivity contribution in [3.8, 4) is 11.5 Å². The fourth-order valence-electron chi connectivity index (χ4n) is 0.986. The molecule has 8 nitrogen and oxygen atoms in total. The lowest BCUT2D eigenvalue weighted by Crippen LogP contribution is -2.14. The Labute approximate surface area is 78.7 Å². The van der Waals surface area contributed by atoms with Gasteiger partial charge in [0.05, 0.1) is 0 Å². The summed E-state index contributed by atoms with van der Waals surface area (Å²) >= 11 is 0. The Morgan fingerprint density at radius 1 is 1.07 bits per heavy atom.